The summed E-state index contributed by atoms with van der Waals surface area (Å²) in [6.07, 6.45) is 0. The summed E-state index contributed by atoms with van der Waals surface area (Å²) < 4.78 is 5.31. The van der Waals surface area contributed by atoms with Gasteiger partial charge in [0, 0.05) is 33.7 Å². The quantitative estimate of drug-likeness (QED) is 0.156. The Morgan fingerprint density at radius 3 is 2.36 bits per heavy atom. The highest BCUT2D eigenvalue weighted by Gasteiger charge is 2.18. The van der Waals surface area contributed by atoms with Crippen LogP contribution in [0.4, 0.5) is 5.69 Å². The molecule has 1 heterocycles. The van der Waals surface area contributed by atoms with Crippen molar-refractivity contribution in [2.24, 2.45) is 0 Å². The average Bonchev–Trinajstić information content (AvgIpc) is 2.82. The fourth-order valence-electron chi connectivity index (χ4n) is 3.34. The first-order valence-electron chi connectivity index (χ1n) is 9.94. The minimum atomic E-state index is -0.668. The molecule has 0 radical (unpaired) electrons. The van der Waals surface area contributed by atoms with Crippen LogP contribution >= 0.6 is 11.6 Å². The van der Waals surface area contributed by atoms with Gasteiger partial charge < -0.3 is 4.74 Å². The molecule has 0 saturated carbocycles. The first kappa shape index (κ1) is 22.1. The Hall–Kier alpha value is -4.10. The molecule has 0 bridgehead atoms. The standard InChI is InChI=1S/C25H17ClN2O5/c1-15-2-11-22-20(12-15)21(13-23(27-22)16-3-7-18(26)8-4-16)25(30)33-14-24(29)17-5-9-19(10-6-17)28(31)32/h2-13H,14H2,1H3. The number of ketones is 1. The third-order valence-electron chi connectivity index (χ3n) is 5.06. The molecule has 3 aromatic carbocycles. The second-order valence-corrected chi connectivity index (χ2v) is 7.82. The summed E-state index contributed by atoms with van der Waals surface area (Å²) in [5, 5.41) is 12.0. The number of carbonyl (C=O) groups excluding carboxylic acids is 2. The van der Waals surface area contributed by atoms with Crippen LogP contribution < -0.4 is 0 Å². The molecule has 4 aromatic rings. The predicted octanol–water partition coefficient (Wildman–Crippen LogP) is 5.81. The Labute approximate surface area is 193 Å². The number of rotatable bonds is 6. The third-order valence-corrected chi connectivity index (χ3v) is 5.31. The molecule has 33 heavy (non-hydrogen) atoms. The first-order chi connectivity index (χ1) is 15.8. The van der Waals surface area contributed by atoms with Crippen molar-refractivity contribution in [2.75, 3.05) is 6.61 Å². The van der Waals surface area contributed by atoms with Crippen LogP contribution in [0.3, 0.4) is 0 Å². The van der Waals surface area contributed by atoms with E-state index in [0.29, 0.717) is 21.6 Å². The van der Waals surface area contributed by atoms with E-state index in [9.17, 15) is 19.7 Å². The van der Waals surface area contributed by atoms with Gasteiger partial charge in [-0.2, -0.15) is 0 Å². The Bertz CT molecular complexity index is 1380. The molecule has 0 saturated heterocycles. The van der Waals surface area contributed by atoms with Crippen LogP contribution in [-0.2, 0) is 4.74 Å². The van der Waals surface area contributed by atoms with Crippen molar-refractivity contribution in [3.8, 4) is 11.3 Å². The van der Waals surface area contributed by atoms with Crippen molar-refractivity contribution in [1.29, 1.82) is 0 Å². The zero-order chi connectivity index (χ0) is 23.5. The monoisotopic (exact) mass is 460 g/mol. The minimum Gasteiger partial charge on any atom is -0.454 e. The fourth-order valence-corrected chi connectivity index (χ4v) is 3.46. The van der Waals surface area contributed by atoms with Gasteiger partial charge in [0.1, 0.15) is 0 Å². The number of non-ortho nitro benzene ring substituents is 1. The third kappa shape index (κ3) is 4.88. The molecule has 0 aliphatic heterocycles. The largest absolute Gasteiger partial charge is 0.454 e. The van der Waals surface area contributed by atoms with Crippen LogP contribution in [0, 0.1) is 17.0 Å². The summed E-state index contributed by atoms with van der Waals surface area (Å²) in [7, 11) is 0. The van der Waals surface area contributed by atoms with Crippen LogP contribution in [0.2, 0.25) is 5.02 Å². The van der Waals surface area contributed by atoms with Crippen molar-refractivity contribution in [3.63, 3.8) is 0 Å². The molecule has 0 spiro atoms. The fraction of sp³-hybridized carbons (Fsp3) is 0.0800. The van der Waals surface area contributed by atoms with E-state index in [1.807, 2.05) is 25.1 Å². The van der Waals surface area contributed by atoms with Gasteiger partial charge >= 0.3 is 5.97 Å². The highest BCUT2D eigenvalue weighted by Crippen LogP contribution is 2.27. The molecule has 8 heteroatoms. The smallest absolute Gasteiger partial charge is 0.339 e. The van der Waals surface area contributed by atoms with Crippen LogP contribution in [0.1, 0.15) is 26.3 Å². The van der Waals surface area contributed by atoms with Crippen LogP contribution in [0.5, 0.6) is 0 Å². The Balaban J connectivity index is 1.62. The molecule has 164 valence electrons. The van der Waals surface area contributed by atoms with Gasteiger partial charge in [0.15, 0.2) is 12.4 Å². The van der Waals surface area contributed by atoms with E-state index in [-0.39, 0.29) is 16.8 Å². The van der Waals surface area contributed by atoms with Gasteiger partial charge in [-0.3, -0.25) is 14.9 Å². The lowest BCUT2D eigenvalue weighted by molar-refractivity contribution is -0.384. The Kier molecular flexibility index (Phi) is 6.15. The molecule has 1 aromatic heterocycles. The number of ether oxygens (including phenoxy) is 1. The molecule has 0 atom stereocenters. The van der Waals surface area contributed by atoms with E-state index in [1.54, 1.807) is 30.3 Å². The van der Waals surface area contributed by atoms with Crippen molar-refractivity contribution in [3.05, 3.63) is 105 Å². The SMILES string of the molecule is Cc1ccc2nc(-c3ccc(Cl)cc3)cc(C(=O)OCC(=O)c3ccc([N+](=O)[O-])cc3)c2c1. The maximum absolute atomic E-state index is 13.0. The van der Waals surface area contributed by atoms with Crippen LogP contribution in [0.15, 0.2) is 72.8 Å². The predicted molar refractivity (Wildman–Crippen MR) is 125 cm³/mol. The second kappa shape index (κ2) is 9.18. The zero-order valence-corrected chi connectivity index (χ0v) is 18.2. The highest BCUT2D eigenvalue weighted by atomic mass is 35.5. The molecule has 0 aliphatic carbocycles. The van der Waals surface area contributed by atoms with Gasteiger partial charge in [-0.25, -0.2) is 9.78 Å². The molecule has 0 fully saturated rings. The number of carbonyl (C=O) groups is 2. The second-order valence-electron chi connectivity index (χ2n) is 7.39. The highest BCUT2D eigenvalue weighted by molar-refractivity contribution is 6.30. The van der Waals surface area contributed by atoms with Gasteiger partial charge in [-0.05, 0) is 49.4 Å². The number of esters is 1. The topological polar surface area (TPSA) is 99.4 Å². The van der Waals surface area contributed by atoms with E-state index < -0.39 is 23.3 Å². The van der Waals surface area contributed by atoms with Crippen LogP contribution in [-0.4, -0.2) is 28.3 Å². The number of aromatic nitrogens is 1. The van der Waals surface area contributed by atoms with Crippen molar-refractivity contribution in [1.82, 2.24) is 4.98 Å². The van der Waals surface area contributed by atoms with Crippen molar-refractivity contribution < 1.29 is 19.2 Å². The number of nitro benzene ring substituents is 1. The van der Waals surface area contributed by atoms with E-state index in [4.69, 9.17) is 16.3 Å². The van der Waals surface area contributed by atoms with Gasteiger partial charge in [0.05, 0.1) is 21.7 Å². The number of nitrogens with zero attached hydrogens (tertiary/aromatic N) is 2. The number of nitro groups is 1. The van der Waals surface area contributed by atoms with E-state index >= 15 is 0 Å². The number of aryl methyl sites for hydroxylation is 1. The molecule has 0 aliphatic rings. The summed E-state index contributed by atoms with van der Waals surface area (Å²) in [6, 6.07) is 19.4. The summed E-state index contributed by atoms with van der Waals surface area (Å²) >= 11 is 5.98. The maximum atomic E-state index is 13.0. The number of fused-ring (bicyclic) bond motifs is 1. The molecular formula is C25H17ClN2O5. The van der Waals surface area contributed by atoms with Gasteiger partial charge in [0.2, 0.25) is 0 Å². The molecular weight excluding hydrogens is 444 g/mol. The summed E-state index contributed by atoms with van der Waals surface area (Å²) in [6.45, 7) is 1.41. The summed E-state index contributed by atoms with van der Waals surface area (Å²) in [5.41, 5.74) is 3.27. The summed E-state index contributed by atoms with van der Waals surface area (Å²) in [4.78, 5) is 40.3. The molecule has 7 nitrogen and oxygen atoms in total. The van der Waals surface area contributed by atoms with E-state index in [2.05, 4.69) is 4.98 Å². The Morgan fingerprint density at radius 2 is 1.70 bits per heavy atom. The average molecular weight is 461 g/mol. The lowest BCUT2D eigenvalue weighted by atomic mass is 10.0. The number of hydrogen-bond donors (Lipinski definition) is 0. The number of hydrogen-bond acceptors (Lipinski definition) is 6. The van der Waals surface area contributed by atoms with Gasteiger partial charge in [-0.1, -0.05) is 35.4 Å². The minimum absolute atomic E-state index is 0.128. The van der Waals surface area contributed by atoms with E-state index in [0.717, 1.165) is 11.1 Å². The normalized spacial score (nSPS) is 10.7. The number of Topliss-reactive ketones (excluding diaryl/α,β-unsaturated/α-hetero) is 1. The molecule has 0 N–H and O–H groups in total. The van der Waals surface area contributed by atoms with Crippen molar-refractivity contribution in [2.45, 2.75) is 6.92 Å². The van der Waals surface area contributed by atoms with Crippen LogP contribution in [0.25, 0.3) is 22.2 Å². The molecule has 4 rings (SSSR count). The number of benzene rings is 3. The lowest BCUT2D eigenvalue weighted by Gasteiger charge is -2.11. The van der Waals surface area contributed by atoms with Crippen molar-refractivity contribution >= 4 is 39.9 Å². The number of pyridine rings is 1. The maximum Gasteiger partial charge on any atom is 0.339 e. The summed E-state index contributed by atoms with van der Waals surface area (Å²) in [5.74, 6) is -1.14. The Morgan fingerprint density at radius 1 is 1.00 bits per heavy atom. The van der Waals surface area contributed by atoms with E-state index in [1.165, 1.54) is 24.3 Å². The van der Waals surface area contributed by atoms with Gasteiger partial charge in [0.25, 0.3) is 5.69 Å². The molecule has 0 unspecified atom stereocenters. The number of halogens is 1. The molecule has 0 amide bonds. The van der Waals surface area contributed by atoms with Gasteiger partial charge in [-0.15, -0.1) is 0 Å². The zero-order valence-electron chi connectivity index (χ0n) is 17.4. The first-order valence-corrected chi connectivity index (χ1v) is 10.3. The lowest BCUT2D eigenvalue weighted by Crippen LogP contribution is -2.15.